The van der Waals surface area contributed by atoms with Crippen LogP contribution in [0.1, 0.15) is 50.8 Å². The van der Waals surface area contributed by atoms with E-state index >= 15 is 0 Å². The van der Waals surface area contributed by atoms with Gasteiger partial charge in [0.15, 0.2) is 5.78 Å². The Morgan fingerprint density at radius 3 is 2.75 bits per heavy atom. The Labute approximate surface area is 143 Å². The third-order valence-electron chi connectivity index (χ3n) is 5.00. The van der Waals surface area contributed by atoms with Crippen molar-refractivity contribution >= 4 is 11.7 Å². The van der Waals surface area contributed by atoms with E-state index in [2.05, 4.69) is 37.4 Å². The second-order valence-electron chi connectivity index (χ2n) is 7.71. The molecular formula is C20H26N2O2. The molecule has 3 rings (SSSR count). The van der Waals surface area contributed by atoms with Crippen molar-refractivity contribution in [1.29, 1.82) is 0 Å². The normalized spacial score (nSPS) is 22.6. The molecule has 1 aliphatic heterocycles. The number of rotatable bonds is 3. The monoisotopic (exact) mass is 326 g/mol. The quantitative estimate of drug-likeness (QED) is 0.929. The molecule has 0 radical (unpaired) electrons. The minimum absolute atomic E-state index is 0.00109. The van der Waals surface area contributed by atoms with Gasteiger partial charge in [-0.05, 0) is 29.4 Å². The summed E-state index contributed by atoms with van der Waals surface area (Å²) < 4.78 is 0. The fourth-order valence-electron chi connectivity index (χ4n) is 3.94. The third kappa shape index (κ3) is 3.53. The molecule has 4 heteroatoms. The molecule has 0 aromatic heterocycles. The van der Waals surface area contributed by atoms with E-state index in [4.69, 9.17) is 0 Å². The first-order valence-corrected chi connectivity index (χ1v) is 8.68. The number of carbonyl (C=O) groups excluding carboxylic acids is 2. The molecule has 1 aliphatic carbocycles. The van der Waals surface area contributed by atoms with E-state index in [-0.39, 0.29) is 23.1 Å². The van der Waals surface area contributed by atoms with Crippen LogP contribution in [0.4, 0.5) is 0 Å². The Morgan fingerprint density at radius 2 is 2.04 bits per heavy atom. The Balaban J connectivity index is 1.79. The molecule has 0 saturated heterocycles. The minimum Gasteiger partial charge on any atom is -0.386 e. The molecule has 2 aliphatic rings. The molecule has 1 aromatic carbocycles. The first kappa shape index (κ1) is 16.7. The van der Waals surface area contributed by atoms with Gasteiger partial charge in [-0.25, -0.2) is 0 Å². The summed E-state index contributed by atoms with van der Waals surface area (Å²) in [6.07, 6.45) is 4.11. The first-order valence-electron chi connectivity index (χ1n) is 8.68. The highest BCUT2D eigenvalue weighted by molar-refractivity contribution is 5.91. The van der Waals surface area contributed by atoms with Gasteiger partial charge in [0, 0.05) is 38.2 Å². The summed E-state index contributed by atoms with van der Waals surface area (Å²) in [6, 6.07) is 8.36. The van der Waals surface area contributed by atoms with Gasteiger partial charge >= 0.3 is 0 Å². The Bertz CT molecular complexity index is 691. The molecule has 1 atom stereocenters. The second kappa shape index (κ2) is 6.42. The number of hydrogen-bond donors (Lipinski definition) is 1. The first-order chi connectivity index (χ1) is 11.4. The lowest BCUT2D eigenvalue weighted by molar-refractivity contribution is -0.131. The number of ketones is 1. The van der Waals surface area contributed by atoms with Crippen LogP contribution in [0.25, 0.3) is 0 Å². The van der Waals surface area contributed by atoms with Crippen molar-refractivity contribution in [3.63, 3.8) is 0 Å². The van der Waals surface area contributed by atoms with Crippen LogP contribution >= 0.6 is 0 Å². The average Bonchev–Trinajstić information content (AvgIpc) is 2.50. The second-order valence-corrected chi connectivity index (χ2v) is 7.71. The van der Waals surface area contributed by atoms with Gasteiger partial charge in [-0.1, -0.05) is 38.1 Å². The molecule has 0 unspecified atom stereocenters. The lowest BCUT2D eigenvalue weighted by Gasteiger charge is -2.38. The van der Waals surface area contributed by atoms with E-state index < -0.39 is 0 Å². The molecule has 128 valence electrons. The summed E-state index contributed by atoms with van der Waals surface area (Å²) in [5, 5.41) is 3.45. The van der Waals surface area contributed by atoms with Crippen LogP contribution in [-0.2, 0) is 16.0 Å². The molecular weight excluding hydrogens is 300 g/mol. The maximum atomic E-state index is 12.1. The smallest absolute Gasteiger partial charge is 0.220 e. The zero-order valence-corrected chi connectivity index (χ0v) is 14.8. The Hall–Kier alpha value is -2.10. The summed E-state index contributed by atoms with van der Waals surface area (Å²) >= 11 is 0. The summed E-state index contributed by atoms with van der Waals surface area (Å²) in [6.45, 7) is 7.27. The van der Waals surface area contributed by atoms with E-state index in [0.29, 0.717) is 13.0 Å². The summed E-state index contributed by atoms with van der Waals surface area (Å²) in [5.41, 5.74) is 3.52. The number of amides is 1. The van der Waals surface area contributed by atoms with Gasteiger partial charge < -0.3 is 10.2 Å². The van der Waals surface area contributed by atoms with Crippen molar-refractivity contribution in [1.82, 2.24) is 10.2 Å². The van der Waals surface area contributed by atoms with Gasteiger partial charge in [-0.15, -0.1) is 0 Å². The zero-order chi connectivity index (χ0) is 17.3. The zero-order valence-electron chi connectivity index (χ0n) is 14.8. The maximum absolute atomic E-state index is 12.1. The van der Waals surface area contributed by atoms with Gasteiger partial charge in [-0.2, -0.15) is 0 Å². The van der Waals surface area contributed by atoms with Gasteiger partial charge in [0.25, 0.3) is 0 Å². The highest BCUT2D eigenvalue weighted by Gasteiger charge is 2.31. The molecule has 0 fully saturated rings. The lowest BCUT2D eigenvalue weighted by Crippen LogP contribution is -2.43. The third-order valence-corrected chi connectivity index (χ3v) is 5.00. The molecule has 1 amide bonds. The molecule has 4 nitrogen and oxygen atoms in total. The van der Waals surface area contributed by atoms with Crippen molar-refractivity contribution < 1.29 is 9.59 Å². The predicted octanol–water partition coefficient (Wildman–Crippen LogP) is 2.99. The summed E-state index contributed by atoms with van der Waals surface area (Å²) in [5.74, 6) is 0.284. The van der Waals surface area contributed by atoms with E-state index in [1.807, 2.05) is 11.0 Å². The number of carbonyl (C=O) groups is 2. The topological polar surface area (TPSA) is 49.4 Å². The van der Waals surface area contributed by atoms with Crippen molar-refractivity contribution in [2.45, 2.75) is 46.1 Å². The van der Waals surface area contributed by atoms with Crippen LogP contribution in [0.5, 0.6) is 0 Å². The van der Waals surface area contributed by atoms with Gasteiger partial charge in [0.1, 0.15) is 0 Å². The number of nitrogens with one attached hydrogen (secondary N) is 1. The molecule has 1 heterocycles. The molecule has 1 N–H and O–H groups in total. The molecule has 1 aromatic rings. The highest BCUT2D eigenvalue weighted by atomic mass is 16.2. The number of fused-ring (bicyclic) bond motifs is 1. The Morgan fingerprint density at radius 1 is 1.29 bits per heavy atom. The van der Waals surface area contributed by atoms with Gasteiger partial charge in [0.2, 0.25) is 5.91 Å². The number of hydrogen-bond acceptors (Lipinski definition) is 3. The van der Waals surface area contributed by atoms with Crippen LogP contribution in [0.2, 0.25) is 0 Å². The number of benzene rings is 1. The Kier molecular flexibility index (Phi) is 4.48. The van der Waals surface area contributed by atoms with E-state index in [1.165, 1.54) is 11.1 Å². The van der Waals surface area contributed by atoms with Crippen molar-refractivity contribution in [2.24, 2.45) is 5.41 Å². The fourth-order valence-corrected chi connectivity index (χ4v) is 3.94. The molecule has 0 bridgehead atoms. The van der Waals surface area contributed by atoms with Crippen LogP contribution in [-0.4, -0.2) is 29.7 Å². The largest absolute Gasteiger partial charge is 0.386 e. The number of allylic oxidation sites excluding steroid dienone is 2. The summed E-state index contributed by atoms with van der Waals surface area (Å²) in [7, 11) is 0. The van der Waals surface area contributed by atoms with Crippen molar-refractivity contribution in [3.05, 3.63) is 47.2 Å². The molecule has 0 saturated carbocycles. The maximum Gasteiger partial charge on any atom is 0.220 e. The minimum atomic E-state index is -0.00109. The van der Waals surface area contributed by atoms with E-state index in [9.17, 15) is 9.59 Å². The molecule has 24 heavy (non-hydrogen) atoms. The van der Waals surface area contributed by atoms with Crippen molar-refractivity contribution in [2.75, 3.05) is 13.1 Å². The van der Waals surface area contributed by atoms with Crippen molar-refractivity contribution in [3.8, 4) is 0 Å². The van der Waals surface area contributed by atoms with Gasteiger partial charge in [0.05, 0.1) is 6.04 Å². The van der Waals surface area contributed by atoms with E-state index in [1.54, 1.807) is 13.0 Å². The molecule has 0 spiro atoms. The summed E-state index contributed by atoms with van der Waals surface area (Å²) in [4.78, 5) is 25.9. The SMILES string of the molecule is CC(=O)N1CCc2ccccc2[C@@H]1CNC1=CC(=O)CC(C)(C)C1. The lowest BCUT2D eigenvalue weighted by atomic mass is 9.79. The van der Waals surface area contributed by atoms with Crippen LogP contribution in [0, 0.1) is 5.41 Å². The standard InChI is InChI=1S/C20H26N2O2/c1-14(23)22-9-8-15-6-4-5-7-18(15)19(22)13-21-16-10-17(24)12-20(2,3)11-16/h4-7,10,19,21H,8-9,11-13H2,1-3H3/t19-/m0/s1. The highest BCUT2D eigenvalue weighted by Crippen LogP contribution is 2.34. The van der Waals surface area contributed by atoms with Crippen LogP contribution < -0.4 is 5.32 Å². The van der Waals surface area contributed by atoms with Crippen LogP contribution in [0.15, 0.2) is 36.0 Å². The predicted molar refractivity (Wildman–Crippen MR) is 94.4 cm³/mol. The fraction of sp³-hybridized carbons (Fsp3) is 0.500. The van der Waals surface area contributed by atoms with Gasteiger partial charge in [-0.3, -0.25) is 9.59 Å². The van der Waals surface area contributed by atoms with Crippen LogP contribution in [0.3, 0.4) is 0 Å². The van der Waals surface area contributed by atoms with E-state index in [0.717, 1.165) is 25.1 Å². The average molecular weight is 326 g/mol. The number of nitrogens with zero attached hydrogens (tertiary/aromatic N) is 1.